The standard InChI is InChI=1S/C2H5NO2P.C2H5.Y/c1-2(4)3-5-6;1-2;/h1,6H2,(H,3,4);1H2,2H3;/q2*-1;. The number of hydrogen-bond acceptors (Lipinski definition) is 2. The van der Waals surface area contributed by atoms with Crippen LogP contribution >= 0.6 is 9.47 Å². The van der Waals surface area contributed by atoms with Gasteiger partial charge in [0.25, 0.3) is 0 Å². The third kappa shape index (κ3) is 28.1. The molecule has 0 aromatic carbocycles. The van der Waals surface area contributed by atoms with Gasteiger partial charge in [0.1, 0.15) is 5.91 Å². The minimum atomic E-state index is -0.454. The normalized spacial score (nSPS) is 5.67. The SMILES string of the molecule is [CH2-]C.[CH2-]C(=O)NOP.[Y]. The number of hydrogen-bond donors (Lipinski definition) is 1. The van der Waals surface area contributed by atoms with Crippen molar-refractivity contribution in [2.75, 3.05) is 0 Å². The van der Waals surface area contributed by atoms with Crippen LogP contribution in [0, 0.1) is 13.8 Å². The number of carbonyl (C=O) groups excluding carboxylic acids is 1. The van der Waals surface area contributed by atoms with Crippen LogP contribution in [0.1, 0.15) is 6.92 Å². The fourth-order valence-electron chi connectivity index (χ4n) is 0.0657. The van der Waals surface area contributed by atoms with E-state index >= 15 is 0 Å². The second-order valence-electron chi connectivity index (χ2n) is 0.643. The van der Waals surface area contributed by atoms with E-state index in [0.717, 1.165) is 0 Å². The summed E-state index contributed by atoms with van der Waals surface area (Å²) in [5.41, 5.74) is 1.92. The maximum Gasteiger partial charge on any atom is 0.105 e. The third-order valence-corrected chi connectivity index (χ3v) is 0.291. The van der Waals surface area contributed by atoms with Gasteiger partial charge in [0.05, 0.1) is 0 Å². The van der Waals surface area contributed by atoms with Crippen LogP contribution in [-0.4, -0.2) is 5.91 Å². The van der Waals surface area contributed by atoms with Gasteiger partial charge in [-0.3, -0.25) is 10.1 Å². The van der Waals surface area contributed by atoms with Gasteiger partial charge in [-0.1, -0.05) is 0 Å². The van der Waals surface area contributed by atoms with Crippen molar-refractivity contribution in [2.45, 2.75) is 6.92 Å². The van der Waals surface area contributed by atoms with E-state index in [1.165, 1.54) is 0 Å². The maximum absolute atomic E-state index is 9.68. The van der Waals surface area contributed by atoms with E-state index in [1.54, 1.807) is 6.92 Å². The topological polar surface area (TPSA) is 38.3 Å². The number of amides is 1. The Morgan fingerprint density at radius 2 is 2.00 bits per heavy atom. The summed E-state index contributed by atoms with van der Waals surface area (Å²) in [4.78, 5) is 9.68. The summed E-state index contributed by atoms with van der Waals surface area (Å²) in [7, 11) is 1.85. The first-order valence-corrected chi connectivity index (χ1v) is 2.43. The predicted octanol–water partition coefficient (Wildman–Crippen LogP) is 0.496. The zero-order valence-electron chi connectivity index (χ0n) is 5.39. The van der Waals surface area contributed by atoms with Crippen molar-refractivity contribution in [3.05, 3.63) is 13.8 Å². The third-order valence-electron chi connectivity index (χ3n) is 0.173. The molecule has 53 valence electrons. The Kier molecular flexibility index (Phi) is 29.1. The molecule has 0 aliphatic carbocycles. The van der Waals surface area contributed by atoms with Gasteiger partial charge in [0.2, 0.25) is 0 Å². The van der Waals surface area contributed by atoms with Crippen molar-refractivity contribution >= 4 is 15.4 Å². The second kappa shape index (κ2) is 15.9. The van der Waals surface area contributed by atoms with Crippen LogP contribution in [0.25, 0.3) is 0 Å². The Labute approximate surface area is 83.4 Å². The fraction of sp³-hybridized carbons (Fsp3) is 0.250. The smallest absolute Gasteiger partial charge is 0.105 e. The molecule has 0 rings (SSSR count). The number of rotatable bonds is 1. The minimum absolute atomic E-state index is 0. The van der Waals surface area contributed by atoms with Crippen LogP contribution in [-0.2, 0) is 42.1 Å². The summed E-state index contributed by atoms with van der Waals surface area (Å²) in [6.45, 7) is 7.94. The number of hydroxylamine groups is 1. The first-order valence-electron chi connectivity index (χ1n) is 1.95. The molecule has 0 aromatic rings. The monoisotopic (exact) mass is 224 g/mol. The zero-order valence-corrected chi connectivity index (χ0v) is 9.38. The molecule has 0 aliphatic rings. The van der Waals surface area contributed by atoms with E-state index in [2.05, 4.69) is 18.5 Å². The molecule has 5 heteroatoms. The zero-order chi connectivity index (χ0) is 6.99. The van der Waals surface area contributed by atoms with E-state index in [-0.39, 0.29) is 32.7 Å². The van der Waals surface area contributed by atoms with Crippen molar-refractivity contribution in [1.82, 2.24) is 5.48 Å². The molecule has 0 aliphatic heterocycles. The maximum atomic E-state index is 9.68. The van der Waals surface area contributed by atoms with Crippen molar-refractivity contribution in [2.24, 2.45) is 0 Å². The van der Waals surface area contributed by atoms with Gasteiger partial charge < -0.3 is 18.6 Å². The second-order valence-corrected chi connectivity index (χ2v) is 0.879. The number of carbonyl (C=O) groups is 1. The summed E-state index contributed by atoms with van der Waals surface area (Å²) < 4.78 is 4.06. The van der Waals surface area contributed by atoms with Gasteiger partial charge in [-0.15, -0.1) is 0 Å². The summed E-state index contributed by atoms with van der Waals surface area (Å²) in [5.74, 6) is -0.454. The molecule has 1 amide bonds. The Bertz CT molecular complexity index is 62.5. The molecular formula is C4H10NO2PY-2. The summed E-state index contributed by atoms with van der Waals surface area (Å²) >= 11 is 0. The van der Waals surface area contributed by atoms with Crippen molar-refractivity contribution in [1.29, 1.82) is 0 Å². The van der Waals surface area contributed by atoms with Crippen LogP contribution in [0.2, 0.25) is 0 Å². The van der Waals surface area contributed by atoms with Crippen molar-refractivity contribution < 1.29 is 42.1 Å². The van der Waals surface area contributed by atoms with Crippen LogP contribution < -0.4 is 5.48 Å². The molecule has 0 bridgehead atoms. The molecule has 9 heavy (non-hydrogen) atoms. The molecule has 0 saturated carbocycles. The fourth-order valence-corrected chi connectivity index (χ4v) is 0.197. The molecule has 1 atom stereocenters. The van der Waals surface area contributed by atoms with Crippen molar-refractivity contribution in [3.63, 3.8) is 0 Å². The van der Waals surface area contributed by atoms with E-state index in [1.807, 2.05) is 14.9 Å². The molecule has 0 heterocycles. The van der Waals surface area contributed by atoms with Crippen LogP contribution in [0.4, 0.5) is 0 Å². The Morgan fingerprint density at radius 3 is 2.00 bits per heavy atom. The molecular weight excluding hydrogens is 214 g/mol. The van der Waals surface area contributed by atoms with Gasteiger partial charge in [-0.2, -0.15) is 6.92 Å². The molecule has 1 radical (unpaired) electrons. The first kappa shape index (κ1) is 16.4. The molecule has 0 spiro atoms. The summed E-state index contributed by atoms with van der Waals surface area (Å²) in [6.07, 6.45) is 0. The first-order chi connectivity index (χ1) is 3.77. The summed E-state index contributed by atoms with van der Waals surface area (Å²) in [6, 6.07) is 0. The van der Waals surface area contributed by atoms with Crippen LogP contribution in [0.5, 0.6) is 0 Å². The van der Waals surface area contributed by atoms with Crippen LogP contribution in [0.15, 0.2) is 0 Å². The van der Waals surface area contributed by atoms with E-state index in [9.17, 15) is 4.79 Å². The molecule has 0 fully saturated rings. The van der Waals surface area contributed by atoms with Crippen molar-refractivity contribution in [3.8, 4) is 0 Å². The molecule has 0 saturated heterocycles. The van der Waals surface area contributed by atoms with Gasteiger partial charge in [-0.05, 0) is 0 Å². The Hall–Kier alpha value is 0.834. The van der Waals surface area contributed by atoms with E-state index in [4.69, 9.17) is 0 Å². The van der Waals surface area contributed by atoms with Gasteiger partial charge in [-0.25, -0.2) is 0 Å². The van der Waals surface area contributed by atoms with Crippen LogP contribution in [0.3, 0.4) is 0 Å². The molecule has 0 aromatic heterocycles. The predicted molar refractivity (Wildman–Crippen MR) is 35.3 cm³/mol. The van der Waals surface area contributed by atoms with E-state index < -0.39 is 5.91 Å². The van der Waals surface area contributed by atoms with Gasteiger partial charge >= 0.3 is 0 Å². The quantitative estimate of drug-likeness (QED) is 0.400. The Morgan fingerprint density at radius 1 is 1.67 bits per heavy atom. The molecule has 3 nitrogen and oxygen atoms in total. The van der Waals surface area contributed by atoms with Gasteiger partial charge in [0, 0.05) is 42.2 Å². The van der Waals surface area contributed by atoms with Gasteiger partial charge in [0.15, 0.2) is 0 Å². The van der Waals surface area contributed by atoms with E-state index in [0.29, 0.717) is 0 Å². The largest absolute Gasteiger partial charge is 0.346 e. The Balaban J connectivity index is -0.000000109. The average Bonchev–Trinajstić information content (AvgIpc) is 1.72. The minimum Gasteiger partial charge on any atom is -0.346 e. The summed E-state index contributed by atoms with van der Waals surface area (Å²) in [5, 5.41) is 0. The average molecular weight is 224 g/mol. The number of nitrogens with one attached hydrogen (secondary N) is 1. The molecule has 1 N–H and O–H groups in total. The molecule has 1 unspecified atom stereocenters.